The van der Waals surface area contributed by atoms with Gasteiger partial charge in [0.15, 0.2) is 0 Å². The van der Waals surface area contributed by atoms with E-state index in [-0.39, 0.29) is 0 Å². The fourth-order valence-corrected chi connectivity index (χ4v) is 6.24. The van der Waals surface area contributed by atoms with E-state index >= 15 is 0 Å². The zero-order valence-electron chi connectivity index (χ0n) is 19.3. The lowest BCUT2D eigenvalue weighted by Gasteiger charge is -2.35. The number of rotatable bonds is 9. The van der Waals surface area contributed by atoms with Crippen LogP contribution in [0.25, 0.3) is 0 Å². The molecule has 5 heteroatoms. The number of aryl methyl sites for hydroxylation is 1. The molecule has 33 heavy (non-hydrogen) atoms. The molecule has 0 fully saturated rings. The van der Waals surface area contributed by atoms with Gasteiger partial charge in [0.1, 0.15) is 0 Å². The van der Waals surface area contributed by atoms with Crippen molar-refractivity contribution >= 4 is 11.9 Å². The number of nitrogens with two attached hydrogens (primary N) is 1. The van der Waals surface area contributed by atoms with Gasteiger partial charge in [0, 0.05) is 30.7 Å². The van der Waals surface area contributed by atoms with Crippen molar-refractivity contribution in [2.75, 3.05) is 13.1 Å². The summed E-state index contributed by atoms with van der Waals surface area (Å²) in [5.41, 5.74) is 12.8. The molecule has 0 spiro atoms. The molecule has 4 nitrogen and oxygen atoms in total. The molecule has 1 unspecified atom stereocenters. The maximum atomic E-state index is 5.81. The van der Waals surface area contributed by atoms with Crippen molar-refractivity contribution in [1.82, 2.24) is 14.2 Å². The number of pyridine rings is 1. The van der Waals surface area contributed by atoms with Crippen molar-refractivity contribution in [3.63, 3.8) is 0 Å². The minimum atomic E-state index is 0.400. The molecule has 5 rings (SSSR count). The molecule has 0 saturated heterocycles. The third kappa shape index (κ3) is 5.49. The van der Waals surface area contributed by atoms with Crippen LogP contribution in [0.5, 0.6) is 0 Å². The Morgan fingerprint density at radius 2 is 1.79 bits per heavy atom. The highest BCUT2D eigenvalue weighted by molar-refractivity contribution is 7.97. The van der Waals surface area contributed by atoms with Crippen molar-refractivity contribution in [1.29, 1.82) is 0 Å². The third-order valence-corrected chi connectivity index (χ3v) is 7.82. The summed E-state index contributed by atoms with van der Waals surface area (Å²) < 4.78 is 2.46. The minimum absolute atomic E-state index is 0.400. The first-order valence-electron chi connectivity index (χ1n) is 12.3. The maximum Gasteiger partial charge on any atom is 0.0607 e. The maximum absolute atomic E-state index is 5.81. The Morgan fingerprint density at radius 3 is 2.61 bits per heavy atom. The van der Waals surface area contributed by atoms with Crippen molar-refractivity contribution in [3.05, 3.63) is 94.8 Å². The molecule has 0 amide bonds. The Labute approximate surface area is 202 Å². The molecular weight excluding hydrogens is 424 g/mol. The monoisotopic (exact) mass is 458 g/mol. The average molecular weight is 459 g/mol. The van der Waals surface area contributed by atoms with Gasteiger partial charge in [-0.3, -0.25) is 9.88 Å². The minimum Gasteiger partial charge on any atom is -0.330 e. The van der Waals surface area contributed by atoms with Gasteiger partial charge in [0.25, 0.3) is 0 Å². The van der Waals surface area contributed by atoms with Gasteiger partial charge in [-0.15, -0.1) is 0 Å². The first-order chi connectivity index (χ1) is 16.3. The summed E-state index contributed by atoms with van der Waals surface area (Å²) in [5, 5.41) is 0. The predicted octanol–water partition coefficient (Wildman–Crippen LogP) is 5.72. The van der Waals surface area contributed by atoms with Crippen LogP contribution < -0.4 is 5.73 Å². The van der Waals surface area contributed by atoms with Crippen molar-refractivity contribution in [2.24, 2.45) is 5.73 Å². The van der Waals surface area contributed by atoms with E-state index in [1.165, 1.54) is 45.7 Å². The molecule has 3 aromatic rings. The van der Waals surface area contributed by atoms with E-state index in [0.29, 0.717) is 6.04 Å². The second-order valence-corrected chi connectivity index (χ2v) is 10.4. The molecule has 0 saturated carbocycles. The molecule has 2 aliphatic rings. The predicted molar refractivity (Wildman–Crippen MR) is 137 cm³/mol. The topological polar surface area (TPSA) is 45.4 Å². The smallest absolute Gasteiger partial charge is 0.0607 e. The van der Waals surface area contributed by atoms with Crippen LogP contribution in [0, 0.1) is 0 Å². The molecule has 1 aromatic heterocycles. The van der Waals surface area contributed by atoms with Gasteiger partial charge in [-0.25, -0.2) is 4.31 Å². The van der Waals surface area contributed by atoms with Crippen molar-refractivity contribution in [2.45, 2.75) is 62.7 Å². The van der Waals surface area contributed by atoms with Gasteiger partial charge in [0.2, 0.25) is 0 Å². The lowest BCUT2D eigenvalue weighted by atomic mass is 9.90. The van der Waals surface area contributed by atoms with Gasteiger partial charge in [0.05, 0.1) is 11.7 Å². The van der Waals surface area contributed by atoms with E-state index in [2.05, 4.69) is 69.9 Å². The van der Waals surface area contributed by atoms with E-state index in [4.69, 9.17) is 10.7 Å². The SMILES string of the molecule is NCCCCN(Cc1cccc(SN2Cc3ccccc3C2)c1)C1CCCc2cccnc21. The van der Waals surface area contributed by atoms with Crippen LogP contribution >= 0.6 is 11.9 Å². The van der Waals surface area contributed by atoms with Crippen molar-refractivity contribution < 1.29 is 0 Å². The summed E-state index contributed by atoms with van der Waals surface area (Å²) in [4.78, 5) is 8.79. The molecular formula is C28H34N4S. The summed E-state index contributed by atoms with van der Waals surface area (Å²) in [5.74, 6) is 0. The van der Waals surface area contributed by atoms with Crippen LogP contribution in [0.1, 0.15) is 59.7 Å². The lowest BCUT2D eigenvalue weighted by Crippen LogP contribution is -2.32. The molecule has 0 bridgehead atoms. The number of hydrogen-bond acceptors (Lipinski definition) is 5. The molecule has 1 aliphatic carbocycles. The van der Waals surface area contributed by atoms with Gasteiger partial charge in [-0.1, -0.05) is 42.5 Å². The van der Waals surface area contributed by atoms with E-state index in [9.17, 15) is 0 Å². The molecule has 0 radical (unpaired) electrons. The number of nitrogens with zero attached hydrogens (tertiary/aromatic N) is 3. The number of fused-ring (bicyclic) bond motifs is 2. The Hall–Kier alpha value is -2.18. The molecule has 172 valence electrons. The Morgan fingerprint density at radius 1 is 0.970 bits per heavy atom. The van der Waals surface area contributed by atoms with Crippen LogP contribution in [-0.4, -0.2) is 27.3 Å². The lowest BCUT2D eigenvalue weighted by molar-refractivity contribution is 0.163. The van der Waals surface area contributed by atoms with Crippen LogP contribution in [0.15, 0.2) is 71.8 Å². The van der Waals surface area contributed by atoms with E-state index in [1.807, 2.05) is 18.1 Å². The highest BCUT2D eigenvalue weighted by Gasteiger charge is 2.27. The molecule has 1 aliphatic heterocycles. The van der Waals surface area contributed by atoms with Gasteiger partial charge in [-0.2, -0.15) is 0 Å². The van der Waals surface area contributed by atoms with E-state index in [1.54, 1.807) is 0 Å². The molecule has 2 N–H and O–H groups in total. The van der Waals surface area contributed by atoms with E-state index in [0.717, 1.165) is 52.0 Å². The second-order valence-electron chi connectivity index (χ2n) is 9.23. The van der Waals surface area contributed by atoms with Crippen LogP contribution in [0.4, 0.5) is 0 Å². The highest BCUT2D eigenvalue weighted by atomic mass is 32.2. The number of aromatic nitrogens is 1. The number of benzene rings is 2. The third-order valence-electron chi connectivity index (χ3n) is 6.84. The quantitative estimate of drug-likeness (QED) is 0.328. The summed E-state index contributed by atoms with van der Waals surface area (Å²) in [7, 11) is 0. The van der Waals surface area contributed by atoms with Crippen LogP contribution in [0.3, 0.4) is 0 Å². The van der Waals surface area contributed by atoms with Gasteiger partial charge < -0.3 is 5.73 Å². The Bertz CT molecular complexity index is 1040. The molecule has 1 atom stereocenters. The first kappa shape index (κ1) is 22.6. The van der Waals surface area contributed by atoms with Gasteiger partial charge in [-0.05, 0) is 97.6 Å². The Kier molecular flexibility index (Phi) is 7.42. The molecule has 2 heterocycles. The normalized spacial score (nSPS) is 17.8. The average Bonchev–Trinajstić information content (AvgIpc) is 3.26. The zero-order chi connectivity index (χ0) is 22.5. The van der Waals surface area contributed by atoms with Crippen LogP contribution in [-0.2, 0) is 26.1 Å². The van der Waals surface area contributed by atoms with E-state index < -0.39 is 0 Å². The second kappa shape index (κ2) is 10.8. The summed E-state index contributed by atoms with van der Waals surface area (Å²) in [6.45, 7) is 4.82. The number of unbranched alkanes of at least 4 members (excludes halogenated alkanes) is 1. The van der Waals surface area contributed by atoms with Crippen molar-refractivity contribution in [3.8, 4) is 0 Å². The fraction of sp³-hybridized carbons (Fsp3) is 0.393. The van der Waals surface area contributed by atoms with Gasteiger partial charge >= 0.3 is 0 Å². The molecule has 2 aromatic carbocycles. The fourth-order valence-electron chi connectivity index (χ4n) is 5.20. The number of hydrogen-bond donors (Lipinski definition) is 1. The standard InChI is InChI=1S/C28H34N4S/c29-15-3-4-17-31(27-14-6-11-23-12-7-16-30-28(23)27)19-22-8-5-13-26(18-22)33-32-20-24-9-1-2-10-25(24)21-32/h1-2,5,7-10,12-13,16,18,27H,3-4,6,11,14-15,17,19-21,29H2. The summed E-state index contributed by atoms with van der Waals surface area (Å²) in [6, 6.07) is 22.7. The van der Waals surface area contributed by atoms with Crippen LogP contribution in [0.2, 0.25) is 0 Å². The summed E-state index contributed by atoms with van der Waals surface area (Å²) in [6.07, 6.45) is 7.75. The Balaban J connectivity index is 1.30. The largest absolute Gasteiger partial charge is 0.330 e. The zero-order valence-corrected chi connectivity index (χ0v) is 20.1. The highest BCUT2D eigenvalue weighted by Crippen LogP contribution is 2.36. The first-order valence-corrected chi connectivity index (χ1v) is 13.0. The summed E-state index contributed by atoms with van der Waals surface area (Å²) >= 11 is 1.88.